The van der Waals surface area contributed by atoms with Gasteiger partial charge in [-0.15, -0.1) is 11.6 Å². The SMILES string of the molecule is COC(=O)C[C@H]1Cc2cc3c(c(O)c2[C@H](C)O1)C(=O)[C@H]1CC3(OC(C)=O)c2c(O)c3c(c(O)c21)C(=O)C1(O)[C@H](C)O[C@@H](CC(=O)O)C[C@@]1(Cl)C3=O. The van der Waals surface area contributed by atoms with Crippen molar-refractivity contribution in [1.29, 1.82) is 0 Å². The van der Waals surface area contributed by atoms with Gasteiger partial charge in [0.1, 0.15) is 22.1 Å². The highest BCUT2D eigenvalue weighted by atomic mass is 35.5. The Kier molecular flexibility index (Phi) is 7.66. The minimum absolute atomic E-state index is 0.0514. The van der Waals surface area contributed by atoms with Crippen LogP contribution in [0.15, 0.2) is 6.07 Å². The summed E-state index contributed by atoms with van der Waals surface area (Å²) in [5, 5.41) is 57.0. The molecule has 5 aliphatic rings. The Morgan fingerprint density at radius 3 is 2.20 bits per heavy atom. The van der Waals surface area contributed by atoms with Gasteiger partial charge in [-0.25, -0.2) is 0 Å². The third-order valence-corrected chi connectivity index (χ3v) is 11.6. The van der Waals surface area contributed by atoms with Crippen molar-refractivity contribution in [2.45, 2.75) is 99.3 Å². The Labute approximate surface area is 294 Å². The highest BCUT2D eigenvalue weighted by Crippen LogP contribution is 2.66. The summed E-state index contributed by atoms with van der Waals surface area (Å²) < 4.78 is 22.3. The quantitative estimate of drug-likeness (QED) is 0.169. The Hall–Kier alpha value is -4.57. The van der Waals surface area contributed by atoms with Gasteiger partial charge in [-0.2, -0.15) is 0 Å². The zero-order chi connectivity index (χ0) is 37.3. The molecule has 270 valence electrons. The second kappa shape index (κ2) is 11.2. The first-order chi connectivity index (χ1) is 23.8. The zero-order valence-corrected chi connectivity index (χ0v) is 28.5. The second-order valence-electron chi connectivity index (χ2n) is 13.8. The van der Waals surface area contributed by atoms with E-state index in [1.165, 1.54) is 20.1 Å². The minimum atomic E-state index is -2.85. The number of esters is 2. The molecule has 5 N–H and O–H groups in total. The van der Waals surface area contributed by atoms with E-state index in [1.54, 1.807) is 6.92 Å². The van der Waals surface area contributed by atoms with Crippen LogP contribution in [0.2, 0.25) is 0 Å². The van der Waals surface area contributed by atoms with Gasteiger partial charge in [0.2, 0.25) is 5.78 Å². The van der Waals surface area contributed by atoms with E-state index in [9.17, 15) is 54.3 Å². The lowest BCUT2D eigenvalue weighted by atomic mass is 9.63. The molecule has 2 unspecified atom stereocenters. The van der Waals surface area contributed by atoms with Crippen LogP contribution in [0.25, 0.3) is 0 Å². The zero-order valence-electron chi connectivity index (χ0n) is 27.7. The Bertz CT molecular complexity index is 2020. The van der Waals surface area contributed by atoms with E-state index >= 15 is 0 Å². The number of ether oxygens (including phenoxy) is 4. The first-order valence-electron chi connectivity index (χ1n) is 16.2. The molecule has 0 spiro atoms. The largest absolute Gasteiger partial charge is 0.507 e. The van der Waals surface area contributed by atoms with E-state index < -0.39 is 135 Å². The lowest BCUT2D eigenvalue weighted by Gasteiger charge is -2.52. The van der Waals surface area contributed by atoms with Crippen LogP contribution >= 0.6 is 11.6 Å². The molecule has 7 rings (SSSR count). The van der Waals surface area contributed by atoms with Crippen molar-refractivity contribution in [2.24, 2.45) is 0 Å². The number of aliphatic carboxylic acids is 1. The number of hydrogen-bond donors (Lipinski definition) is 5. The van der Waals surface area contributed by atoms with Crippen molar-refractivity contribution in [2.75, 3.05) is 7.11 Å². The van der Waals surface area contributed by atoms with E-state index in [-0.39, 0.29) is 35.1 Å². The summed E-state index contributed by atoms with van der Waals surface area (Å²) >= 11 is 6.84. The van der Waals surface area contributed by atoms with Crippen molar-refractivity contribution < 1.29 is 73.2 Å². The summed E-state index contributed by atoms with van der Waals surface area (Å²) in [5.41, 5.74) is -7.13. The molecule has 0 amide bonds. The molecule has 2 aromatic carbocycles. The molecule has 0 aromatic heterocycles. The van der Waals surface area contributed by atoms with Crippen LogP contribution in [0, 0.1) is 0 Å². The average Bonchev–Trinajstić information content (AvgIpc) is 3.34. The van der Waals surface area contributed by atoms with Crippen molar-refractivity contribution in [3.8, 4) is 17.2 Å². The fourth-order valence-electron chi connectivity index (χ4n) is 8.99. The van der Waals surface area contributed by atoms with Crippen molar-refractivity contribution in [1.82, 2.24) is 0 Å². The summed E-state index contributed by atoms with van der Waals surface area (Å²) in [7, 11) is 1.22. The lowest BCUT2D eigenvalue weighted by Crippen LogP contribution is -2.72. The van der Waals surface area contributed by atoms with Crippen LogP contribution in [-0.2, 0) is 45.4 Å². The number of alkyl halides is 1. The maximum absolute atomic E-state index is 14.4. The number of phenolic OH excluding ortho intramolecular Hbond substituents is 3. The molecule has 0 saturated carbocycles. The summed E-state index contributed by atoms with van der Waals surface area (Å²) in [6.45, 7) is 3.87. The van der Waals surface area contributed by atoms with Crippen molar-refractivity contribution in [3.63, 3.8) is 0 Å². The summed E-state index contributed by atoms with van der Waals surface area (Å²) in [6, 6.07) is 1.49. The number of carbonyl (C=O) groups excluding carboxylic acids is 5. The van der Waals surface area contributed by atoms with Crippen LogP contribution in [0.1, 0.15) is 117 Å². The molecule has 51 heavy (non-hydrogen) atoms. The predicted molar refractivity (Wildman–Crippen MR) is 169 cm³/mol. The molecular formula is C35H33ClO15. The fraction of sp³-hybridized carbons (Fsp3) is 0.486. The van der Waals surface area contributed by atoms with Crippen LogP contribution in [0.3, 0.4) is 0 Å². The highest BCUT2D eigenvalue weighted by Gasteiger charge is 2.71. The number of methoxy groups -OCH3 is 1. The topological polar surface area (TPSA) is 240 Å². The van der Waals surface area contributed by atoms with E-state index in [4.69, 9.17) is 30.5 Å². The maximum atomic E-state index is 14.4. The number of aromatic hydroxyl groups is 3. The monoisotopic (exact) mass is 728 g/mol. The van der Waals surface area contributed by atoms with Gasteiger partial charge in [0, 0.05) is 36.5 Å². The number of carboxylic acid groups (broad SMARTS) is 1. The third kappa shape index (κ3) is 4.41. The average molecular weight is 729 g/mol. The summed E-state index contributed by atoms with van der Waals surface area (Å²) in [6.07, 6.45) is -6.15. The van der Waals surface area contributed by atoms with Crippen molar-refractivity contribution in [3.05, 3.63) is 50.6 Å². The van der Waals surface area contributed by atoms with Crippen LogP contribution in [0.5, 0.6) is 17.2 Å². The number of phenols is 3. The number of hydrogen-bond acceptors (Lipinski definition) is 14. The van der Waals surface area contributed by atoms with Crippen LogP contribution in [0.4, 0.5) is 0 Å². The molecule has 0 radical (unpaired) electrons. The van der Waals surface area contributed by atoms with E-state index in [0.29, 0.717) is 5.56 Å². The smallest absolute Gasteiger partial charge is 0.308 e. The normalized spacial score (nSPS) is 33.0. The lowest BCUT2D eigenvalue weighted by molar-refractivity contribution is -0.168. The van der Waals surface area contributed by atoms with Gasteiger partial charge in [-0.3, -0.25) is 28.8 Å². The first-order valence-corrected chi connectivity index (χ1v) is 16.6. The van der Waals surface area contributed by atoms with E-state index in [2.05, 4.69) is 0 Å². The molecular weight excluding hydrogens is 696 g/mol. The molecule has 8 atom stereocenters. The number of ketones is 3. The molecule has 3 aliphatic carbocycles. The van der Waals surface area contributed by atoms with E-state index in [1.807, 2.05) is 0 Å². The number of aliphatic hydroxyl groups is 1. The van der Waals surface area contributed by atoms with Gasteiger partial charge in [0.15, 0.2) is 22.8 Å². The predicted octanol–water partition coefficient (Wildman–Crippen LogP) is 2.60. The number of carbonyl (C=O) groups is 6. The van der Waals surface area contributed by atoms with Crippen LogP contribution < -0.4 is 0 Å². The molecule has 1 fully saturated rings. The number of benzene rings is 2. The number of rotatable bonds is 5. The number of carboxylic acids is 1. The number of fused-ring (bicyclic) bond motifs is 10. The molecule has 1 saturated heterocycles. The Morgan fingerprint density at radius 2 is 1.57 bits per heavy atom. The highest BCUT2D eigenvalue weighted by molar-refractivity contribution is 6.45. The van der Waals surface area contributed by atoms with Gasteiger partial charge in [0.25, 0.3) is 0 Å². The number of halogens is 1. The Balaban J connectivity index is 1.49. The maximum Gasteiger partial charge on any atom is 0.308 e. The van der Waals surface area contributed by atoms with Gasteiger partial charge >= 0.3 is 17.9 Å². The molecule has 16 heteroatoms. The molecule has 2 aliphatic heterocycles. The van der Waals surface area contributed by atoms with Gasteiger partial charge in [-0.1, -0.05) is 0 Å². The summed E-state index contributed by atoms with van der Waals surface area (Å²) in [5.74, 6) is -9.97. The molecule has 2 aromatic rings. The Morgan fingerprint density at radius 1 is 0.922 bits per heavy atom. The molecule has 15 nitrogen and oxygen atoms in total. The van der Waals surface area contributed by atoms with Crippen LogP contribution in [-0.4, -0.2) is 96.7 Å². The summed E-state index contributed by atoms with van der Waals surface area (Å²) in [4.78, 5) is 76.9. The fourth-order valence-corrected chi connectivity index (χ4v) is 9.50. The third-order valence-electron chi connectivity index (χ3n) is 11.0. The standard InChI is InChI=1S/C35H33ClO15/c1-11-21-14(5-15(49-11)8-20(40)48-4)6-18-23(28(21)42)27(41)17-10-33(18,51-13(3)37)26-22(17)29(43)24-25(30(26)44)31(45)34(36)9-16(7-19(38)39)50-12(2)35(34,47)32(24)46/h6,11-12,15-17,42-44,47H,5,7-10H2,1-4H3,(H,38,39)/t11-,12-,15+,16-,17-,33?,34+,35?/m0/s1. The van der Waals surface area contributed by atoms with Crippen molar-refractivity contribution >= 4 is 46.9 Å². The first kappa shape index (κ1) is 34.9. The number of Topliss-reactive ketones (excluding diaryl/α,β-unsaturated/α-hetero) is 3. The minimum Gasteiger partial charge on any atom is -0.507 e. The van der Waals surface area contributed by atoms with Gasteiger partial charge in [-0.05, 0) is 31.9 Å². The van der Waals surface area contributed by atoms with Gasteiger partial charge < -0.3 is 44.5 Å². The van der Waals surface area contributed by atoms with E-state index in [0.717, 1.165) is 6.92 Å². The molecule has 2 bridgehead atoms. The molecule has 2 heterocycles. The van der Waals surface area contributed by atoms with Gasteiger partial charge in [0.05, 0.1) is 72.5 Å². The second-order valence-corrected chi connectivity index (χ2v) is 14.5.